The first-order valence-corrected chi connectivity index (χ1v) is 8.95. The first-order chi connectivity index (χ1) is 11.6. The highest BCUT2D eigenvalue weighted by Gasteiger charge is 2.19. The molecule has 124 valence electrons. The van der Waals surface area contributed by atoms with Gasteiger partial charge in [-0.05, 0) is 29.8 Å². The first-order valence-electron chi connectivity index (χ1n) is 7.47. The second kappa shape index (κ2) is 6.81. The normalized spacial score (nSPS) is 13.6. The van der Waals surface area contributed by atoms with Crippen LogP contribution in [0.1, 0.15) is 12.0 Å². The molecule has 3 rings (SSSR count). The third kappa shape index (κ3) is 3.60. The van der Waals surface area contributed by atoms with Gasteiger partial charge in [0, 0.05) is 18.2 Å². The minimum absolute atomic E-state index is 0.104. The fourth-order valence-corrected chi connectivity index (χ4v) is 3.38. The number of hydrogen-bond acceptors (Lipinski definition) is 5. The zero-order chi connectivity index (χ0) is 17.0. The number of hydrogen-bond donors (Lipinski definition) is 1. The van der Waals surface area contributed by atoms with E-state index >= 15 is 0 Å². The molecule has 1 aliphatic heterocycles. The van der Waals surface area contributed by atoms with Crippen molar-refractivity contribution < 1.29 is 17.9 Å². The lowest BCUT2D eigenvalue weighted by Gasteiger charge is -2.11. The van der Waals surface area contributed by atoms with Crippen molar-refractivity contribution in [2.45, 2.75) is 17.7 Å². The molecule has 2 aromatic rings. The zero-order valence-electron chi connectivity index (χ0n) is 12.9. The zero-order valence-corrected chi connectivity index (χ0v) is 13.7. The van der Waals surface area contributed by atoms with Crippen molar-refractivity contribution in [3.63, 3.8) is 0 Å². The molecule has 0 aliphatic carbocycles. The summed E-state index contributed by atoms with van der Waals surface area (Å²) >= 11 is 0. The average molecular weight is 344 g/mol. The summed E-state index contributed by atoms with van der Waals surface area (Å²) in [6, 6.07) is 13.3. The van der Waals surface area contributed by atoms with Crippen molar-refractivity contribution in [2.24, 2.45) is 0 Å². The smallest absolute Gasteiger partial charge is 0.262 e. The summed E-state index contributed by atoms with van der Waals surface area (Å²) in [5.41, 5.74) is 1.26. The second-order valence-electron chi connectivity index (χ2n) is 5.30. The monoisotopic (exact) mass is 344 g/mol. The second-order valence-corrected chi connectivity index (χ2v) is 6.98. The summed E-state index contributed by atoms with van der Waals surface area (Å²) in [5, 5.41) is 8.66. The largest absolute Gasteiger partial charge is 0.490 e. The lowest BCUT2D eigenvalue weighted by Crippen LogP contribution is -2.13. The maximum atomic E-state index is 12.5. The molecule has 1 N–H and O–H groups in total. The molecule has 1 heterocycles. The Hall–Kier alpha value is -2.72. The van der Waals surface area contributed by atoms with Crippen molar-refractivity contribution in [3.8, 4) is 17.6 Å². The van der Waals surface area contributed by atoms with E-state index in [-0.39, 0.29) is 11.3 Å². The van der Waals surface area contributed by atoms with Crippen molar-refractivity contribution in [1.29, 1.82) is 5.26 Å². The van der Waals surface area contributed by atoms with Crippen molar-refractivity contribution >= 4 is 15.7 Å². The average Bonchev–Trinajstić information content (AvgIpc) is 2.81. The number of nitrogens with zero attached hydrogens (tertiary/aromatic N) is 1. The van der Waals surface area contributed by atoms with Gasteiger partial charge >= 0.3 is 0 Å². The van der Waals surface area contributed by atoms with E-state index < -0.39 is 10.0 Å². The molecule has 0 fully saturated rings. The molecule has 2 aromatic carbocycles. The summed E-state index contributed by atoms with van der Waals surface area (Å²) in [4.78, 5) is 0.104. The van der Waals surface area contributed by atoms with Gasteiger partial charge in [-0.15, -0.1) is 0 Å². The van der Waals surface area contributed by atoms with Crippen LogP contribution in [0.2, 0.25) is 0 Å². The minimum Gasteiger partial charge on any atom is -0.490 e. The lowest BCUT2D eigenvalue weighted by molar-refractivity contribution is 0.297. The number of anilines is 1. The third-order valence-corrected chi connectivity index (χ3v) is 4.90. The van der Waals surface area contributed by atoms with E-state index in [0.717, 1.165) is 12.0 Å². The van der Waals surface area contributed by atoms with Gasteiger partial charge in [0.25, 0.3) is 10.0 Å². The summed E-state index contributed by atoms with van der Waals surface area (Å²) in [5.74, 6) is 0.979. The molecule has 0 saturated carbocycles. The standard InChI is InChI=1S/C17H16N2O4S/c18-9-8-13-2-4-14(5-3-13)19-24(20,21)15-6-7-16-17(12-15)23-11-1-10-22-16/h2-7,12,19H,1,8,10-11H2. The summed E-state index contributed by atoms with van der Waals surface area (Å²) in [7, 11) is -3.73. The van der Waals surface area contributed by atoms with Gasteiger partial charge in [-0.1, -0.05) is 12.1 Å². The first kappa shape index (κ1) is 16.1. The van der Waals surface area contributed by atoms with E-state index in [0.29, 0.717) is 30.4 Å². The molecule has 0 bridgehead atoms. The van der Waals surface area contributed by atoms with Gasteiger partial charge in [-0.3, -0.25) is 4.72 Å². The van der Waals surface area contributed by atoms with Crippen LogP contribution in [0.5, 0.6) is 11.5 Å². The van der Waals surface area contributed by atoms with Crippen LogP contribution in [0.3, 0.4) is 0 Å². The quantitative estimate of drug-likeness (QED) is 0.921. The topological polar surface area (TPSA) is 88.4 Å². The number of nitriles is 1. The minimum atomic E-state index is -3.73. The van der Waals surface area contributed by atoms with Crippen LogP contribution in [0.4, 0.5) is 5.69 Å². The fraction of sp³-hybridized carbons (Fsp3) is 0.235. The van der Waals surface area contributed by atoms with Crippen LogP contribution >= 0.6 is 0 Å². The Morgan fingerprint density at radius 3 is 2.46 bits per heavy atom. The maximum Gasteiger partial charge on any atom is 0.262 e. The molecular weight excluding hydrogens is 328 g/mol. The van der Waals surface area contributed by atoms with Crippen LogP contribution in [-0.2, 0) is 16.4 Å². The Bertz CT molecular complexity index is 870. The Labute approximate surface area is 140 Å². The molecular formula is C17H16N2O4S. The predicted octanol–water partition coefficient (Wildman–Crippen LogP) is 2.71. The van der Waals surface area contributed by atoms with Gasteiger partial charge in [-0.2, -0.15) is 5.26 Å². The van der Waals surface area contributed by atoms with E-state index in [4.69, 9.17) is 14.7 Å². The predicted molar refractivity (Wildman–Crippen MR) is 88.6 cm³/mol. The molecule has 0 atom stereocenters. The highest BCUT2D eigenvalue weighted by molar-refractivity contribution is 7.92. The lowest BCUT2D eigenvalue weighted by atomic mass is 10.1. The van der Waals surface area contributed by atoms with Crippen molar-refractivity contribution in [3.05, 3.63) is 48.0 Å². The van der Waals surface area contributed by atoms with Gasteiger partial charge in [0.1, 0.15) is 0 Å². The van der Waals surface area contributed by atoms with E-state index in [2.05, 4.69) is 4.72 Å². The molecule has 7 heteroatoms. The number of rotatable bonds is 4. The maximum absolute atomic E-state index is 12.5. The molecule has 0 spiro atoms. The fourth-order valence-electron chi connectivity index (χ4n) is 2.31. The SMILES string of the molecule is N#CCc1ccc(NS(=O)(=O)c2ccc3c(c2)OCCCO3)cc1. The van der Waals surface area contributed by atoms with E-state index in [1.165, 1.54) is 12.1 Å². The molecule has 0 amide bonds. The van der Waals surface area contributed by atoms with Gasteiger partial charge in [0.2, 0.25) is 0 Å². The van der Waals surface area contributed by atoms with Crippen LogP contribution in [0.25, 0.3) is 0 Å². The molecule has 0 radical (unpaired) electrons. The summed E-state index contributed by atoms with van der Waals surface area (Å²) in [6.45, 7) is 1.04. The Kier molecular flexibility index (Phi) is 4.58. The summed E-state index contributed by atoms with van der Waals surface area (Å²) < 4.78 is 38.6. The Morgan fingerprint density at radius 2 is 1.75 bits per heavy atom. The molecule has 6 nitrogen and oxygen atoms in total. The van der Waals surface area contributed by atoms with Crippen LogP contribution in [0.15, 0.2) is 47.4 Å². The van der Waals surface area contributed by atoms with Gasteiger partial charge in [0.05, 0.1) is 30.6 Å². The van der Waals surface area contributed by atoms with Gasteiger partial charge in [-0.25, -0.2) is 8.42 Å². The molecule has 0 saturated heterocycles. The Morgan fingerprint density at radius 1 is 1.04 bits per heavy atom. The molecule has 1 aliphatic rings. The third-order valence-electron chi connectivity index (χ3n) is 3.52. The molecule has 0 aromatic heterocycles. The van der Waals surface area contributed by atoms with E-state index in [9.17, 15) is 8.42 Å². The van der Waals surface area contributed by atoms with Crippen molar-refractivity contribution in [2.75, 3.05) is 17.9 Å². The van der Waals surface area contributed by atoms with Crippen LogP contribution in [-0.4, -0.2) is 21.6 Å². The number of sulfonamides is 1. The highest BCUT2D eigenvalue weighted by Crippen LogP contribution is 2.32. The van der Waals surface area contributed by atoms with Crippen LogP contribution in [0, 0.1) is 11.3 Å². The highest BCUT2D eigenvalue weighted by atomic mass is 32.2. The number of nitrogens with one attached hydrogen (secondary N) is 1. The number of benzene rings is 2. The van der Waals surface area contributed by atoms with Gasteiger partial charge < -0.3 is 9.47 Å². The number of ether oxygens (including phenoxy) is 2. The van der Waals surface area contributed by atoms with Crippen molar-refractivity contribution in [1.82, 2.24) is 0 Å². The molecule has 0 unspecified atom stereocenters. The van der Waals surface area contributed by atoms with Gasteiger partial charge in [0.15, 0.2) is 11.5 Å². The van der Waals surface area contributed by atoms with E-state index in [1.54, 1.807) is 30.3 Å². The van der Waals surface area contributed by atoms with E-state index in [1.807, 2.05) is 6.07 Å². The number of fused-ring (bicyclic) bond motifs is 1. The summed E-state index contributed by atoms with van der Waals surface area (Å²) in [6.07, 6.45) is 1.04. The molecule has 24 heavy (non-hydrogen) atoms. The Balaban J connectivity index is 1.82. The van der Waals surface area contributed by atoms with Crippen LogP contribution < -0.4 is 14.2 Å².